The van der Waals surface area contributed by atoms with Crippen molar-refractivity contribution in [1.29, 1.82) is 0 Å². The van der Waals surface area contributed by atoms with Crippen molar-refractivity contribution in [3.63, 3.8) is 0 Å². The summed E-state index contributed by atoms with van der Waals surface area (Å²) in [6.07, 6.45) is 91.6. The molecule has 0 aromatic carbocycles. The third-order valence-electron chi connectivity index (χ3n) is 15.9. The predicted molar refractivity (Wildman–Crippen MR) is 331 cm³/mol. The third-order valence-corrected chi connectivity index (χ3v) is 15.9. The Balaban J connectivity index is 3.38. The van der Waals surface area contributed by atoms with Crippen LogP contribution in [0.5, 0.6) is 0 Å². The molecule has 436 valence electrons. The first-order chi connectivity index (χ1) is 36.7. The van der Waals surface area contributed by atoms with E-state index in [-0.39, 0.29) is 12.5 Å². The van der Waals surface area contributed by atoms with Gasteiger partial charge in [-0.1, -0.05) is 364 Å². The van der Waals surface area contributed by atoms with Crippen LogP contribution in [0.3, 0.4) is 0 Å². The smallest absolute Gasteiger partial charge is 0.220 e. The van der Waals surface area contributed by atoms with E-state index in [1.165, 1.54) is 295 Å². The third kappa shape index (κ3) is 61.2. The van der Waals surface area contributed by atoms with Crippen molar-refractivity contribution in [3.8, 4) is 0 Å². The SMILES string of the molecule is CC/C=C\C/C=C\C/C=C\C/C=C\CCCCCCCCCCCCCCCCCCCCCCCCCCC(=O)NC(CO)C(O)CCCCCCCCCCCCCCCCCCCCCCCCCCC. The van der Waals surface area contributed by atoms with E-state index in [9.17, 15) is 15.0 Å². The summed E-state index contributed by atoms with van der Waals surface area (Å²) in [5.41, 5.74) is 0. The molecular weight excluding hydrogens is 903 g/mol. The van der Waals surface area contributed by atoms with Crippen molar-refractivity contribution in [2.45, 2.75) is 386 Å². The van der Waals surface area contributed by atoms with E-state index in [2.05, 4.69) is 67.8 Å². The van der Waals surface area contributed by atoms with Gasteiger partial charge in [-0.3, -0.25) is 4.79 Å². The first kappa shape index (κ1) is 72.3. The van der Waals surface area contributed by atoms with Gasteiger partial charge in [0.05, 0.1) is 18.8 Å². The number of aliphatic hydroxyl groups is 2. The highest BCUT2D eigenvalue weighted by Crippen LogP contribution is 2.19. The molecule has 0 heterocycles. The summed E-state index contributed by atoms with van der Waals surface area (Å²) in [4.78, 5) is 12.6. The molecule has 3 N–H and O–H groups in total. The largest absolute Gasteiger partial charge is 0.394 e. The van der Waals surface area contributed by atoms with Crippen molar-refractivity contribution in [2.24, 2.45) is 0 Å². The van der Waals surface area contributed by atoms with Crippen LogP contribution in [0.15, 0.2) is 48.6 Å². The van der Waals surface area contributed by atoms with E-state index in [1.807, 2.05) is 0 Å². The zero-order chi connectivity index (χ0) is 53.4. The van der Waals surface area contributed by atoms with Gasteiger partial charge < -0.3 is 15.5 Å². The molecule has 0 rings (SSSR count). The molecule has 4 heteroatoms. The minimum absolute atomic E-state index is 0.0230. The van der Waals surface area contributed by atoms with Crippen LogP contribution in [0, 0.1) is 0 Å². The first-order valence-electron chi connectivity index (χ1n) is 33.8. The van der Waals surface area contributed by atoms with Crippen molar-refractivity contribution in [1.82, 2.24) is 5.32 Å². The number of rotatable bonds is 63. The van der Waals surface area contributed by atoms with E-state index in [0.29, 0.717) is 12.8 Å². The van der Waals surface area contributed by atoms with Crippen LogP contribution in [0.2, 0.25) is 0 Å². The van der Waals surface area contributed by atoms with Crippen molar-refractivity contribution < 1.29 is 15.0 Å². The molecular formula is C70H133NO3. The second-order valence-corrected chi connectivity index (χ2v) is 23.2. The molecule has 0 aliphatic carbocycles. The Morgan fingerprint density at radius 2 is 0.595 bits per heavy atom. The number of carbonyl (C=O) groups excluding carboxylic acids is 1. The number of amides is 1. The lowest BCUT2D eigenvalue weighted by Crippen LogP contribution is -2.45. The number of unbranched alkanes of at least 4 members (excludes halogenated alkanes) is 48. The highest BCUT2D eigenvalue weighted by molar-refractivity contribution is 5.76. The molecule has 0 spiro atoms. The summed E-state index contributed by atoms with van der Waals surface area (Å²) in [5, 5.41) is 23.5. The molecule has 0 bridgehead atoms. The van der Waals surface area contributed by atoms with Crippen molar-refractivity contribution in [2.75, 3.05) is 6.61 Å². The Hall–Kier alpha value is -1.65. The second kappa shape index (κ2) is 65.6. The summed E-state index contributed by atoms with van der Waals surface area (Å²) in [6, 6.07) is -0.536. The van der Waals surface area contributed by atoms with Gasteiger partial charge in [0.15, 0.2) is 0 Å². The fourth-order valence-corrected chi connectivity index (χ4v) is 10.8. The highest BCUT2D eigenvalue weighted by Gasteiger charge is 2.20. The average molecular weight is 1040 g/mol. The van der Waals surface area contributed by atoms with E-state index in [1.54, 1.807) is 0 Å². The van der Waals surface area contributed by atoms with Gasteiger partial charge in [0.2, 0.25) is 5.91 Å². The number of carbonyl (C=O) groups is 1. The summed E-state index contributed by atoms with van der Waals surface area (Å²) >= 11 is 0. The maximum absolute atomic E-state index is 12.6. The molecule has 0 aliphatic rings. The number of hydrogen-bond donors (Lipinski definition) is 3. The molecule has 2 unspecified atom stereocenters. The first-order valence-corrected chi connectivity index (χ1v) is 33.8. The fraction of sp³-hybridized carbons (Fsp3) is 0.871. The molecule has 4 nitrogen and oxygen atoms in total. The number of allylic oxidation sites excluding steroid dienone is 8. The standard InChI is InChI=1S/C70H133NO3/c1-3-5-7-9-11-13-15-17-19-21-23-25-27-29-30-31-32-33-34-35-36-37-38-39-40-42-44-46-48-50-52-54-56-58-60-62-64-66-70(74)71-68(67-72)69(73)65-63-61-59-57-55-53-51-49-47-45-43-41-28-26-24-22-20-18-16-14-12-10-8-6-4-2/h5,7,11,13,17,19,23,25,68-69,72-73H,3-4,6,8-10,12,14-16,18,20-22,24,26-67H2,1-2H3,(H,71,74)/b7-5-,13-11-,19-17-,25-23-. The highest BCUT2D eigenvalue weighted by atomic mass is 16.3. The van der Waals surface area contributed by atoms with E-state index >= 15 is 0 Å². The van der Waals surface area contributed by atoms with Crippen LogP contribution in [0.1, 0.15) is 373 Å². The van der Waals surface area contributed by atoms with Crippen molar-refractivity contribution >= 4 is 5.91 Å². The molecule has 0 saturated heterocycles. The van der Waals surface area contributed by atoms with Gasteiger partial charge >= 0.3 is 0 Å². The fourth-order valence-electron chi connectivity index (χ4n) is 10.8. The lowest BCUT2D eigenvalue weighted by Gasteiger charge is -2.22. The number of hydrogen-bond acceptors (Lipinski definition) is 3. The van der Waals surface area contributed by atoms with Crippen LogP contribution in [0.4, 0.5) is 0 Å². The van der Waals surface area contributed by atoms with Gasteiger partial charge in [-0.05, 0) is 51.4 Å². The molecule has 0 fully saturated rings. The zero-order valence-electron chi connectivity index (χ0n) is 50.4. The summed E-state index contributed by atoms with van der Waals surface area (Å²) in [7, 11) is 0. The molecule has 1 amide bonds. The Morgan fingerprint density at radius 3 is 0.892 bits per heavy atom. The maximum atomic E-state index is 12.6. The minimum atomic E-state index is -0.659. The molecule has 0 aromatic rings. The quantitative estimate of drug-likeness (QED) is 0.0420. The van der Waals surface area contributed by atoms with Crippen LogP contribution in [-0.4, -0.2) is 34.9 Å². The van der Waals surface area contributed by atoms with Gasteiger partial charge in [0.1, 0.15) is 0 Å². The summed E-state index contributed by atoms with van der Waals surface area (Å²) < 4.78 is 0. The van der Waals surface area contributed by atoms with Gasteiger partial charge in [-0.25, -0.2) is 0 Å². The van der Waals surface area contributed by atoms with E-state index < -0.39 is 12.1 Å². The van der Waals surface area contributed by atoms with Crippen molar-refractivity contribution in [3.05, 3.63) is 48.6 Å². The molecule has 0 radical (unpaired) electrons. The Labute approximate surface area is 464 Å². The second-order valence-electron chi connectivity index (χ2n) is 23.2. The van der Waals surface area contributed by atoms with E-state index in [4.69, 9.17) is 0 Å². The van der Waals surface area contributed by atoms with Crippen LogP contribution < -0.4 is 5.32 Å². The van der Waals surface area contributed by atoms with Crippen LogP contribution in [-0.2, 0) is 4.79 Å². The lowest BCUT2D eigenvalue weighted by atomic mass is 10.0. The topological polar surface area (TPSA) is 69.6 Å². The zero-order valence-corrected chi connectivity index (χ0v) is 50.4. The Bertz CT molecular complexity index is 1170. The van der Waals surface area contributed by atoms with E-state index in [0.717, 1.165) is 51.4 Å². The number of aliphatic hydroxyl groups excluding tert-OH is 2. The van der Waals surface area contributed by atoms with Gasteiger partial charge in [0, 0.05) is 6.42 Å². The Kier molecular flexibility index (Phi) is 64.2. The normalized spacial score (nSPS) is 13.0. The maximum Gasteiger partial charge on any atom is 0.220 e. The molecule has 74 heavy (non-hydrogen) atoms. The summed E-state index contributed by atoms with van der Waals surface area (Å²) in [5.74, 6) is -0.0230. The lowest BCUT2D eigenvalue weighted by molar-refractivity contribution is -0.123. The Morgan fingerprint density at radius 1 is 0.338 bits per heavy atom. The molecule has 0 saturated carbocycles. The predicted octanol–water partition coefficient (Wildman–Crippen LogP) is 22.9. The summed E-state index contributed by atoms with van der Waals surface area (Å²) in [6.45, 7) is 4.29. The molecule has 0 aliphatic heterocycles. The van der Waals surface area contributed by atoms with Crippen LogP contribution >= 0.6 is 0 Å². The minimum Gasteiger partial charge on any atom is -0.394 e. The van der Waals surface area contributed by atoms with Gasteiger partial charge in [-0.15, -0.1) is 0 Å². The van der Waals surface area contributed by atoms with Gasteiger partial charge in [-0.2, -0.15) is 0 Å². The van der Waals surface area contributed by atoms with Crippen LogP contribution in [0.25, 0.3) is 0 Å². The number of nitrogens with one attached hydrogen (secondary N) is 1. The molecule has 0 aromatic heterocycles. The van der Waals surface area contributed by atoms with Gasteiger partial charge in [0.25, 0.3) is 0 Å². The monoisotopic (exact) mass is 1040 g/mol. The average Bonchev–Trinajstić information content (AvgIpc) is 3.40. The molecule has 2 atom stereocenters.